The van der Waals surface area contributed by atoms with Crippen molar-refractivity contribution in [2.24, 2.45) is 0 Å². The van der Waals surface area contributed by atoms with Crippen LogP contribution in [0.3, 0.4) is 0 Å². The quantitative estimate of drug-likeness (QED) is 0.0199. The summed E-state index contributed by atoms with van der Waals surface area (Å²) < 4.78 is 16.9. The van der Waals surface area contributed by atoms with E-state index in [0.717, 1.165) is 96.3 Å². The standard InChI is InChI=1S/C65H116O6/c1-4-7-10-13-16-19-22-25-28-31-34-37-40-43-46-49-52-55-58-64(67)70-61-62(60-69-63(66)57-54-51-48-45-42-39-36-33-30-27-24-21-18-15-12-9-6-3)71-65(68)59-56-53-50-47-44-41-38-35-32-29-26-23-20-17-14-11-8-5-2/h16,19,22,25,28,31,34-35,37-38,62H,4-15,17-18,20-21,23-24,26-27,29-30,32-33,36,39-61H2,1-3H3/b19-16-,25-22-,31-28-,37-34-,38-35-. The molecule has 1 unspecified atom stereocenters. The van der Waals surface area contributed by atoms with Crippen molar-refractivity contribution in [3.05, 3.63) is 60.8 Å². The molecule has 6 nitrogen and oxygen atoms in total. The van der Waals surface area contributed by atoms with Gasteiger partial charge in [-0.25, -0.2) is 0 Å². The van der Waals surface area contributed by atoms with E-state index in [9.17, 15) is 14.4 Å². The zero-order valence-electron chi connectivity index (χ0n) is 47.2. The number of hydrogen-bond acceptors (Lipinski definition) is 6. The van der Waals surface area contributed by atoms with Crippen molar-refractivity contribution in [2.75, 3.05) is 13.2 Å². The highest BCUT2D eigenvalue weighted by Gasteiger charge is 2.19. The molecule has 0 N–H and O–H groups in total. The van der Waals surface area contributed by atoms with Crippen LogP contribution in [0.2, 0.25) is 0 Å². The highest BCUT2D eigenvalue weighted by Crippen LogP contribution is 2.17. The van der Waals surface area contributed by atoms with Crippen molar-refractivity contribution in [2.45, 2.75) is 322 Å². The first-order valence-corrected chi connectivity index (χ1v) is 30.8. The number of allylic oxidation sites excluding steroid dienone is 10. The molecule has 1 atom stereocenters. The van der Waals surface area contributed by atoms with Gasteiger partial charge in [0.25, 0.3) is 0 Å². The van der Waals surface area contributed by atoms with E-state index in [1.165, 1.54) is 180 Å². The fourth-order valence-electron chi connectivity index (χ4n) is 8.92. The zero-order chi connectivity index (χ0) is 51.4. The molecule has 412 valence electrons. The molecule has 0 aromatic carbocycles. The molecule has 0 amide bonds. The third-order valence-corrected chi connectivity index (χ3v) is 13.6. The molecule has 0 fully saturated rings. The SMILES string of the molecule is CCCCC\C=C/C=C\C=C/C=C\CCCCCCCC(=O)OCC(COC(=O)CCCCCCCCCCCCCCCCCCC)OC(=O)CCCCCCC/C=C\CCCCCCCCCCC. The van der Waals surface area contributed by atoms with Crippen LogP contribution in [0, 0.1) is 0 Å². The predicted molar refractivity (Wildman–Crippen MR) is 307 cm³/mol. The molecule has 71 heavy (non-hydrogen) atoms. The Bertz CT molecular complexity index is 1280. The Morgan fingerprint density at radius 2 is 0.521 bits per heavy atom. The van der Waals surface area contributed by atoms with Crippen molar-refractivity contribution < 1.29 is 28.6 Å². The summed E-state index contributed by atoms with van der Waals surface area (Å²) in [5, 5.41) is 0. The number of carbonyl (C=O) groups is 3. The highest BCUT2D eigenvalue weighted by molar-refractivity contribution is 5.71. The summed E-state index contributed by atoms with van der Waals surface area (Å²) >= 11 is 0. The second-order valence-corrected chi connectivity index (χ2v) is 20.7. The number of esters is 3. The first-order chi connectivity index (χ1) is 35.0. The molecule has 6 heteroatoms. The van der Waals surface area contributed by atoms with Gasteiger partial charge in [0, 0.05) is 19.3 Å². The van der Waals surface area contributed by atoms with E-state index < -0.39 is 6.10 Å². The molecule has 0 aliphatic carbocycles. The lowest BCUT2D eigenvalue weighted by Crippen LogP contribution is -2.30. The maximum absolute atomic E-state index is 12.9. The van der Waals surface area contributed by atoms with Gasteiger partial charge in [-0.15, -0.1) is 0 Å². The van der Waals surface area contributed by atoms with Gasteiger partial charge in [-0.05, 0) is 70.6 Å². The fourth-order valence-corrected chi connectivity index (χ4v) is 8.92. The summed E-state index contributed by atoms with van der Waals surface area (Å²) in [4.78, 5) is 38.3. The highest BCUT2D eigenvalue weighted by atomic mass is 16.6. The van der Waals surface area contributed by atoms with Gasteiger partial charge in [-0.2, -0.15) is 0 Å². The van der Waals surface area contributed by atoms with Crippen LogP contribution in [0.15, 0.2) is 60.8 Å². The number of ether oxygens (including phenoxy) is 3. The Morgan fingerprint density at radius 3 is 0.859 bits per heavy atom. The van der Waals surface area contributed by atoms with E-state index in [4.69, 9.17) is 14.2 Å². The van der Waals surface area contributed by atoms with Gasteiger partial charge >= 0.3 is 17.9 Å². The average Bonchev–Trinajstić information content (AvgIpc) is 3.37. The molecule has 0 aliphatic heterocycles. The Morgan fingerprint density at radius 1 is 0.282 bits per heavy atom. The second-order valence-electron chi connectivity index (χ2n) is 20.7. The van der Waals surface area contributed by atoms with Crippen LogP contribution in [-0.4, -0.2) is 37.2 Å². The molecular weight excluding hydrogens is 877 g/mol. The molecule has 0 aromatic heterocycles. The Labute approximate surface area is 440 Å². The predicted octanol–water partition coefficient (Wildman–Crippen LogP) is 20.8. The fraction of sp³-hybridized carbons (Fsp3) is 0.800. The van der Waals surface area contributed by atoms with Crippen molar-refractivity contribution >= 4 is 17.9 Å². The Hall–Kier alpha value is -2.89. The third kappa shape index (κ3) is 57.9. The Kier molecular flexibility index (Phi) is 57.2. The summed E-state index contributed by atoms with van der Waals surface area (Å²) in [7, 11) is 0. The van der Waals surface area contributed by atoms with Crippen molar-refractivity contribution in [3.8, 4) is 0 Å². The lowest BCUT2D eigenvalue weighted by Gasteiger charge is -2.18. The molecule has 0 saturated carbocycles. The van der Waals surface area contributed by atoms with Crippen LogP contribution in [0.4, 0.5) is 0 Å². The van der Waals surface area contributed by atoms with Gasteiger partial charge in [-0.1, -0.05) is 287 Å². The number of unbranched alkanes of at least 4 members (excludes halogenated alkanes) is 38. The molecular formula is C65H116O6. The number of carbonyl (C=O) groups excluding carboxylic acids is 3. The van der Waals surface area contributed by atoms with Crippen LogP contribution in [0.25, 0.3) is 0 Å². The van der Waals surface area contributed by atoms with Gasteiger partial charge in [0.05, 0.1) is 0 Å². The van der Waals surface area contributed by atoms with Crippen molar-refractivity contribution in [3.63, 3.8) is 0 Å². The van der Waals surface area contributed by atoms with Gasteiger partial charge in [-0.3, -0.25) is 14.4 Å². The lowest BCUT2D eigenvalue weighted by atomic mass is 10.0. The van der Waals surface area contributed by atoms with E-state index in [1.54, 1.807) is 0 Å². The summed E-state index contributed by atoms with van der Waals surface area (Å²) in [6, 6.07) is 0. The average molecular weight is 994 g/mol. The monoisotopic (exact) mass is 993 g/mol. The van der Waals surface area contributed by atoms with Crippen LogP contribution >= 0.6 is 0 Å². The van der Waals surface area contributed by atoms with E-state index in [0.29, 0.717) is 19.3 Å². The molecule has 0 rings (SSSR count). The first kappa shape index (κ1) is 68.1. The van der Waals surface area contributed by atoms with E-state index in [-0.39, 0.29) is 31.1 Å². The number of hydrogen-bond donors (Lipinski definition) is 0. The minimum atomic E-state index is -0.788. The van der Waals surface area contributed by atoms with Crippen molar-refractivity contribution in [1.82, 2.24) is 0 Å². The molecule has 0 saturated heterocycles. The van der Waals surface area contributed by atoms with Gasteiger partial charge in [0.15, 0.2) is 6.10 Å². The summed E-state index contributed by atoms with van der Waals surface area (Å²) in [5.74, 6) is -0.898. The molecule has 0 spiro atoms. The van der Waals surface area contributed by atoms with Crippen LogP contribution in [-0.2, 0) is 28.6 Å². The molecule has 0 aromatic rings. The normalized spacial score (nSPS) is 12.4. The summed E-state index contributed by atoms with van der Waals surface area (Å²) in [6.45, 7) is 6.62. The first-order valence-electron chi connectivity index (χ1n) is 30.8. The smallest absolute Gasteiger partial charge is 0.306 e. The van der Waals surface area contributed by atoms with Crippen LogP contribution in [0.1, 0.15) is 316 Å². The van der Waals surface area contributed by atoms with Crippen LogP contribution in [0.5, 0.6) is 0 Å². The summed E-state index contributed by atoms with van der Waals surface area (Å²) in [5.41, 5.74) is 0. The van der Waals surface area contributed by atoms with E-state index in [2.05, 4.69) is 81.5 Å². The molecule has 0 aliphatic rings. The maximum atomic E-state index is 12.9. The Balaban J connectivity index is 4.41. The topological polar surface area (TPSA) is 78.9 Å². The van der Waals surface area contributed by atoms with Crippen molar-refractivity contribution in [1.29, 1.82) is 0 Å². The summed E-state index contributed by atoms with van der Waals surface area (Å²) in [6.07, 6.45) is 74.9. The molecule has 0 heterocycles. The second kappa shape index (κ2) is 59.7. The largest absolute Gasteiger partial charge is 0.462 e. The molecule has 0 bridgehead atoms. The van der Waals surface area contributed by atoms with E-state index in [1.807, 2.05) is 0 Å². The van der Waals surface area contributed by atoms with Gasteiger partial charge in [0.2, 0.25) is 0 Å². The van der Waals surface area contributed by atoms with Gasteiger partial charge in [0.1, 0.15) is 13.2 Å². The maximum Gasteiger partial charge on any atom is 0.306 e. The lowest BCUT2D eigenvalue weighted by molar-refractivity contribution is -0.167. The minimum absolute atomic E-state index is 0.0824. The van der Waals surface area contributed by atoms with Gasteiger partial charge < -0.3 is 14.2 Å². The van der Waals surface area contributed by atoms with Crippen LogP contribution < -0.4 is 0 Å². The number of rotatable bonds is 56. The molecule has 0 radical (unpaired) electrons. The minimum Gasteiger partial charge on any atom is -0.462 e. The zero-order valence-corrected chi connectivity index (χ0v) is 47.2. The third-order valence-electron chi connectivity index (χ3n) is 13.6. The van der Waals surface area contributed by atoms with E-state index >= 15 is 0 Å².